The Morgan fingerprint density at radius 1 is 1.10 bits per heavy atom. The van der Waals surface area contributed by atoms with Crippen molar-refractivity contribution in [3.8, 4) is 0 Å². The molecule has 4 amide bonds. The summed E-state index contributed by atoms with van der Waals surface area (Å²) in [5, 5.41) is 10.4. The zero-order valence-corrected chi connectivity index (χ0v) is 23.8. The van der Waals surface area contributed by atoms with Crippen LogP contribution < -0.4 is 26.8 Å². The molecule has 0 radical (unpaired) electrons. The third-order valence-corrected chi connectivity index (χ3v) is 6.51. The van der Waals surface area contributed by atoms with Crippen molar-refractivity contribution in [1.29, 1.82) is 0 Å². The zero-order chi connectivity index (χ0) is 30.4. The van der Waals surface area contributed by atoms with E-state index in [-0.39, 0.29) is 43.1 Å². The van der Waals surface area contributed by atoms with Gasteiger partial charge < -0.3 is 35.6 Å². The van der Waals surface area contributed by atoms with Crippen LogP contribution >= 0.6 is 0 Å². The highest BCUT2D eigenvalue weighted by Crippen LogP contribution is 2.11. The molecule has 2 aromatic rings. The van der Waals surface area contributed by atoms with Crippen LogP contribution in [0, 0.1) is 5.92 Å². The van der Waals surface area contributed by atoms with Crippen LogP contribution in [-0.4, -0.2) is 69.9 Å². The van der Waals surface area contributed by atoms with Crippen LogP contribution in [0.4, 0.5) is 5.69 Å². The van der Waals surface area contributed by atoms with E-state index in [1.54, 1.807) is 0 Å². The van der Waals surface area contributed by atoms with Gasteiger partial charge in [0.15, 0.2) is 6.10 Å². The highest BCUT2D eigenvalue weighted by Gasteiger charge is 2.26. The van der Waals surface area contributed by atoms with E-state index in [0.717, 1.165) is 12.8 Å². The first-order valence-electron chi connectivity index (χ1n) is 13.5. The second kappa shape index (κ2) is 16.6. The summed E-state index contributed by atoms with van der Waals surface area (Å²) < 4.78 is 6.24. The normalized spacial score (nSPS) is 12.2. The number of amides is 4. The van der Waals surface area contributed by atoms with Gasteiger partial charge in [0, 0.05) is 26.7 Å². The molecule has 2 aromatic heterocycles. The number of H-pyrrole nitrogens is 1. The quantitative estimate of drug-likeness (QED) is 0.181. The van der Waals surface area contributed by atoms with E-state index in [4.69, 9.17) is 4.74 Å². The summed E-state index contributed by atoms with van der Waals surface area (Å²) in [7, 11) is 1.41. The van der Waals surface area contributed by atoms with Crippen molar-refractivity contribution in [3.05, 3.63) is 46.9 Å². The van der Waals surface area contributed by atoms with Crippen LogP contribution in [0.3, 0.4) is 0 Å². The number of pyridine rings is 1. The number of carbonyl (C=O) groups excluding carboxylic acids is 5. The van der Waals surface area contributed by atoms with E-state index < -0.39 is 41.4 Å². The lowest BCUT2D eigenvalue weighted by molar-refractivity contribution is -0.154. The summed E-state index contributed by atoms with van der Waals surface area (Å²) >= 11 is 0. The Bertz CT molecular complexity index is 1240. The highest BCUT2D eigenvalue weighted by molar-refractivity contribution is 6.00. The molecular formula is C27H39N7O7. The summed E-state index contributed by atoms with van der Waals surface area (Å²) in [6, 6.07) is 1.80. The first kappa shape index (κ1) is 32.7. The maximum atomic E-state index is 13.2. The number of esters is 1. The fourth-order valence-corrected chi connectivity index (χ4v) is 4.02. The van der Waals surface area contributed by atoms with Gasteiger partial charge in [-0.1, -0.05) is 26.7 Å². The molecule has 2 rings (SSSR count). The monoisotopic (exact) mass is 573 g/mol. The first-order chi connectivity index (χ1) is 19.6. The molecule has 0 aliphatic heterocycles. The molecule has 41 heavy (non-hydrogen) atoms. The lowest BCUT2D eigenvalue weighted by Gasteiger charge is -2.20. The summed E-state index contributed by atoms with van der Waals surface area (Å²) in [5.41, 5.74) is -0.548. The fraction of sp³-hybridized carbons (Fsp3) is 0.519. The van der Waals surface area contributed by atoms with Gasteiger partial charge in [0.05, 0.1) is 12.5 Å². The third-order valence-electron chi connectivity index (χ3n) is 6.51. The van der Waals surface area contributed by atoms with E-state index in [2.05, 4.69) is 31.2 Å². The predicted octanol–water partition coefficient (Wildman–Crippen LogP) is 0.709. The molecule has 0 bridgehead atoms. The molecule has 14 heteroatoms. The number of nitrogens with one attached hydrogen (secondary N) is 5. The van der Waals surface area contributed by atoms with Gasteiger partial charge in [0.2, 0.25) is 11.8 Å². The van der Waals surface area contributed by atoms with Crippen molar-refractivity contribution < 1.29 is 28.7 Å². The Labute approximate surface area is 238 Å². The van der Waals surface area contributed by atoms with Crippen molar-refractivity contribution in [1.82, 2.24) is 30.5 Å². The van der Waals surface area contributed by atoms with E-state index in [9.17, 15) is 28.8 Å². The van der Waals surface area contributed by atoms with Crippen molar-refractivity contribution in [2.45, 2.75) is 71.6 Å². The number of imidazole rings is 1. The van der Waals surface area contributed by atoms with Crippen LogP contribution in [-0.2, 0) is 30.5 Å². The number of anilines is 1. The average molecular weight is 574 g/mol. The number of aromatic nitrogens is 3. The summed E-state index contributed by atoms with van der Waals surface area (Å²) in [6.07, 6.45) is 5.18. The minimum Gasteiger partial charge on any atom is -0.452 e. The zero-order valence-electron chi connectivity index (χ0n) is 23.8. The Hall–Kier alpha value is -4.49. The van der Waals surface area contributed by atoms with E-state index >= 15 is 0 Å². The maximum Gasteiger partial charge on any atom is 0.303 e. The SMILES string of the molecule is CCC(CC)CNC(=O)Cn1cccc(NC(=O)[C@H](CCCC(OC(C)=O)C(=O)NC)NC(=O)c2cnc[nH]2)c1=O. The smallest absolute Gasteiger partial charge is 0.303 e. The fourth-order valence-electron chi connectivity index (χ4n) is 4.02. The number of nitrogens with zero attached hydrogens (tertiary/aromatic N) is 2. The van der Waals surface area contributed by atoms with Gasteiger partial charge >= 0.3 is 5.97 Å². The summed E-state index contributed by atoms with van der Waals surface area (Å²) in [4.78, 5) is 81.2. The Morgan fingerprint density at radius 3 is 2.44 bits per heavy atom. The molecule has 0 aliphatic rings. The second-order valence-corrected chi connectivity index (χ2v) is 9.47. The van der Waals surface area contributed by atoms with Crippen LogP contribution in [0.25, 0.3) is 0 Å². The summed E-state index contributed by atoms with van der Waals surface area (Å²) in [5.74, 6) is -2.41. The number of likely N-dealkylation sites (N-methyl/N-ethyl adjacent to an activating group) is 1. The average Bonchev–Trinajstić information content (AvgIpc) is 3.49. The lowest BCUT2D eigenvalue weighted by atomic mass is 10.0. The minimum absolute atomic E-state index is 0.0555. The van der Waals surface area contributed by atoms with Crippen LogP contribution in [0.1, 0.15) is 63.4 Å². The van der Waals surface area contributed by atoms with Gasteiger partial charge in [-0.3, -0.25) is 28.8 Å². The number of ether oxygens (including phenoxy) is 1. The molecule has 2 heterocycles. The van der Waals surface area contributed by atoms with Gasteiger partial charge in [-0.05, 0) is 37.3 Å². The lowest BCUT2D eigenvalue weighted by Crippen LogP contribution is -2.45. The molecule has 5 N–H and O–H groups in total. The molecule has 14 nitrogen and oxygen atoms in total. The van der Waals surface area contributed by atoms with Crippen molar-refractivity contribution in [2.24, 2.45) is 5.92 Å². The topological polar surface area (TPSA) is 193 Å². The molecule has 0 fully saturated rings. The van der Waals surface area contributed by atoms with Crippen LogP contribution in [0.15, 0.2) is 35.6 Å². The summed E-state index contributed by atoms with van der Waals surface area (Å²) in [6.45, 7) is 5.55. The molecule has 0 saturated heterocycles. The first-order valence-corrected chi connectivity index (χ1v) is 13.5. The third kappa shape index (κ3) is 10.5. The van der Waals surface area contributed by atoms with Crippen LogP contribution in [0.2, 0.25) is 0 Å². The van der Waals surface area contributed by atoms with Crippen molar-refractivity contribution >= 4 is 35.3 Å². The van der Waals surface area contributed by atoms with Gasteiger partial charge in [-0.25, -0.2) is 4.98 Å². The van der Waals surface area contributed by atoms with E-state index in [0.29, 0.717) is 12.5 Å². The Balaban J connectivity index is 2.14. The minimum atomic E-state index is -1.12. The predicted molar refractivity (Wildman–Crippen MR) is 150 cm³/mol. The number of hydrogen-bond donors (Lipinski definition) is 5. The number of aromatic amines is 1. The number of carbonyl (C=O) groups is 5. The number of rotatable bonds is 16. The highest BCUT2D eigenvalue weighted by atomic mass is 16.5. The van der Waals surface area contributed by atoms with Gasteiger partial charge in [-0.2, -0.15) is 0 Å². The largest absolute Gasteiger partial charge is 0.452 e. The molecule has 0 aromatic carbocycles. The van der Waals surface area contributed by atoms with Gasteiger partial charge in [-0.15, -0.1) is 0 Å². The molecule has 224 valence electrons. The second-order valence-electron chi connectivity index (χ2n) is 9.47. The molecule has 0 spiro atoms. The maximum absolute atomic E-state index is 13.2. The molecular weight excluding hydrogens is 534 g/mol. The molecule has 0 aliphatic carbocycles. The van der Waals surface area contributed by atoms with Crippen molar-refractivity contribution in [2.75, 3.05) is 18.9 Å². The van der Waals surface area contributed by atoms with Gasteiger partial charge in [0.25, 0.3) is 17.4 Å². The van der Waals surface area contributed by atoms with Crippen LogP contribution in [0.5, 0.6) is 0 Å². The van der Waals surface area contributed by atoms with Crippen molar-refractivity contribution in [3.63, 3.8) is 0 Å². The molecule has 0 saturated carbocycles. The Kier molecular flexibility index (Phi) is 13.2. The standard InChI is InChI=1S/C27H39N7O7/c1-5-18(6-2)13-30-23(36)15-34-12-8-10-20(27(34)40)33-24(37)19(32-25(38)21-14-29-16-31-21)9-7-11-22(26(39)28-4)41-17(3)35/h8,10,12,14,16,18-19,22H,5-7,9,11,13,15H2,1-4H3,(H,28,39)(H,29,31)(H,30,36)(H,32,38)(H,33,37)/t19-,22?/m0/s1. The molecule has 1 unspecified atom stereocenters. The number of hydrogen-bond acceptors (Lipinski definition) is 8. The van der Waals surface area contributed by atoms with Gasteiger partial charge in [0.1, 0.15) is 24.0 Å². The van der Waals surface area contributed by atoms with E-state index in [1.165, 1.54) is 49.4 Å². The Morgan fingerprint density at radius 2 is 1.83 bits per heavy atom. The van der Waals surface area contributed by atoms with E-state index in [1.807, 2.05) is 13.8 Å². The molecule has 2 atom stereocenters.